The molecule has 0 aromatic heterocycles. The first kappa shape index (κ1) is 16.9. The van der Waals surface area contributed by atoms with Crippen molar-refractivity contribution in [3.63, 3.8) is 0 Å². The topological polar surface area (TPSA) is 46.3 Å². The normalized spacial score (nSPS) is 11.5. The fourth-order valence-corrected chi connectivity index (χ4v) is 2.48. The Morgan fingerprint density at radius 1 is 1.35 bits per heavy atom. The zero-order chi connectivity index (χ0) is 15.3. The highest BCUT2D eigenvalue weighted by Crippen LogP contribution is 2.21. The van der Waals surface area contributed by atoms with Gasteiger partial charge in [0.25, 0.3) is 0 Å². The number of halogens is 2. The molecule has 6 heteroatoms. The Labute approximate surface area is 122 Å². The van der Waals surface area contributed by atoms with Gasteiger partial charge in [0.2, 0.25) is 5.91 Å². The number of carbonyl (C=O) groups is 1. The van der Waals surface area contributed by atoms with Crippen molar-refractivity contribution in [1.82, 2.24) is 4.90 Å². The van der Waals surface area contributed by atoms with Crippen molar-refractivity contribution in [3.05, 3.63) is 29.8 Å². The molecule has 112 valence electrons. The number of benzene rings is 1. The standard InChI is InChI=1S/C14H20F2N2OS/c1-14(2,8-17)9-18(3)13(19)7-20-10-4-5-11(15)12(16)6-10/h4-6H,7-9,17H2,1-3H3. The summed E-state index contributed by atoms with van der Waals surface area (Å²) in [4.78, 5) is 14.1. The van der Waals surface area contributed by atoms with Crippen LogP contribution in [0.3, 0.4) is 0 Å². The Morgan fingerprint density at radius 2 is 2.00 bits per heavy atom. The second-order valence-electron chi connectivity index (χ2n) is 5.48. The molecule has 0 radical (unpaired) electrons. The lowest BCUT2D eigenvalue weighted by Crippen LogP contribution is -2.40. The molecule has 20 heavy (non-hydrogen) atoms. The highest BCUT2D eigenvalue weighted by Gasteiger charge is 2.21. The summed E-state index contributed by atoms with van der Waals surface area (Å²) < 4.78 is 25.8. The molecule has 0 unspecified atom stereocenters. The van der Waals surface area contributed by atoms with Crippen LogP contribution in [0.25, 0.3) is 0 Å². The van der Waals surface area contributed by atoms with Gasteiger partial charge in [-0.15, -0.1) is 11.8 Å². The highest BCUT2D eigenvalue weighted by atomic mass is 32.2. The number of nitrogens with two attached hydrogens (primary N) is 1. The van der Waals surface area contributed by atoms with Gasteiger partial charge in [-0.3, -0.25) is 4.79 Å². The van der Waals surface area contributed by atoms with E-state index in [0.717, 1.165) is 12.1 Å². The van der Waals surface area contributed by atoms with E-state index in [9.17, 15) is 13.6 Å². The fraction of sp³-hybridized carbons (Fsp3) is 0.500. The molecule has 0 aliphatic carbocycles. The Morgan fingerprint density at radius 3 is 2.55 bits per heavy atom. The van der Waals surface area contributed by atoms with Crippen molar-refractivity contribution in [3.8, 4) is 0 Å². The van der Waals surface area contributed by atoms with Crippen LogP contribution in [0.15, 0.2) is 23.1 Å². The zero-order valence-electron chi connectivity index (χ0n) is 12.0. The number of rotatable bonds is 6. The van der Waals surface area contributed by atoms with Crippen LogP contribution in [0.1, 0.15) is 13.8 Å². The first-order chi connectivity index (χ1) is 9.25. The number of hydrogen-bond acceptors (Lipinski definition) is 3. The lowest BCUT2D eigenvalue weighted by Gasteiger charge is -2.29. The van der Waals surface area contributed by atoms with Gasteiger partial charge in [-0.05, 0) is 30.2 Å². The maximum absolute atomic E-state index is 13.0. The molecule has 0 saturated carbocycles. The van der Waals surface area contributed by atoms with Crippen LogP contribution in [0.5, 0.6) is 0 Å². The maximum Gasteiger partial charge on any atom is 0.232 e. The SMILES string of the molecule is CN(CC(C)(C)CN)C(=O)CSc1ccc(F)c(F)c1. The number of carbonyl (C=O) groups excluding carboxylic acids is 1. The van der Waals surface area contributed by atoms with Crippen LogP contribution in [-0.4, -0.2) is 36.7 Å². The van der Waals surface area contributed by atoms with Gasteiger partial charge in [0, 0.05) is 18.5 Å². The summed E-state index contributed by atoms with van der Waals surface area (Å²) in [6.45, 7) is 5.01. The molecular formula is C14H20F2N2OS. The molecule has 0 aliphatic rings. The molecule has 1 rings (SSSR count). The van der Waals surface area contributed by atoms with E-state index in [-0.39, 0.29) is 17.1 Å². The number of amides is 1. The van der Waals surface area contributed by atoms with Gasteiger partial charge in [0.1, 0.15) is 0 Å². The van der Waals surface area contributed by atoms with Gasteiger partial charge in [-0.2, -0.15) is 0 Å². The fourth-order valence-electron chi connectivity index (χ4n) is 1.62. The number of nitrogens with zero attached hydrogens (tertiary/aromatic N) is 1. The summed E-state index contributed by atoms with van der Waals surface area (Å²) >= 11 is 1.18. The quantitative estimate of drug-likeness (QED) is 0.821. The number of thioether (sulfide) groups is 1. The van der Waals surface area contributed by atoms with E-state index < -0.39 is 11.6 Å². The van der Waals surface area contributed by atoms with Crippen molar-refractivity contribution in [2.45, 2.75) is 18.7 Å². The molecule has 2 N–H and O–H groups in total. The number of hydrogen-bond donors (Lipinski definition) is 1. The van der Waals surface area contributed by atoms with Crippen molar-refractivity contribution in [1.29, 1.82) is 0 Å². The van der Waals surface area contributed by atoms with Crippen molar-refractivity contribution in [2.24, 2.45) is 11.1 Å². The first-order valence-corrected chi connectivity index (χ1v) is 7.25. The molecule has 0 saturated heterocycles. The molecular weight excluding hydrogens is 282 g/mol. The van der Waals surface area contributed by atoms with Gasteiger partial charge in [0.15, 0.2) is 11.6 Å². The summed E-state index contributed by atoms with van der Waals surface area (Å²) in [6.07, 6.45) is 0. The maximum atomic E-state index is 13.0. The Hall–Kier alpha value is -1.14. The third-order valence-electron chi connectivity index (χ3n) is 2.90. The molecule has 1 amide bonds. The molecule has 1 aromatic carbocycles. The lowest BCUT2D eigenvalue weighted by molar-refractivity contribution is -0.128. The highest BCUT2D eigenvalue weighted by molar-refractivity contribution is 8.00. The van der Waals surface area contributed by atoms with E-state index in [1.165, 1.54) is 17.8 Å². The Balaban J connectivity index is 2.52. The average Bonchev–Trinajstić information content (AvgIpc) is 2.39. The molecule has 3 nitrogen and oxygen atoms in total. The third kappa shape index (κ3) is 5.09. The Bertz CT molecular complexity index is 480. The van der Waals surface area contributed by atoms with Crippen LogP contribution in [0.4, 0.5) is 8.78 Å². The van der Waals surface area contributed by atoms with E-state index >= 15 is 0 Å². The lowest BCUT2D eigenvalue weighted by atomic mass is 9.93. The molecule has 0 heterocycles. The van der Waals surface area contributed by atoms with Gasteiger partial charge in [-0.1, -0.05) is 13.8 Å². The van der Waals surface area contributed by atoms with E-state index in [1.807, 2.05) is 13.8 Å². The first-order valence-electron chi connectivity index (χ1n) is 6.27. The minimum Gasteiger partial charge on any atom is -0.344 e. The van der Waals surface area contributed by atoms with Gasteiger partial charge in [0.05, 0.1) is 5.75 Å². The van der Waals surface area contributed by atoms with Gasteiger partial charge < -0.3 is 10.6 Å². The molecule has 1 aromatic rings. The summed E-state index contributed by atoms with van der Waals surface area (Å²) in [7, 11) is 1.71. The van der Waals surface area contributed by atoms with Crippen LogP contribution in [-0.2, 0) is 4.79 Å². The van der Waals surface area contributed by atoms with Crippen molar-refractivity contribution < 1.29 is 13.6 Å². The van der Waals surface area contributed by atoms with Crippen LogP contribution in [0, 0.1) is 17.0 Å². The summed E-state index contributed by atoms with van der Waals surface area (Å²) in [5.41, 5.74) is 5.49. The van der Waals surface area contributed by atoms with E-state index in [1.54, 1.807) is 11.9 Å². The minimum atomic E-state index is -0.903. The Kier molecular flexibility index (Phi) is 5.95. The molecule has 0 spiro atoms. The monoisotopic (exact) mass is 302 g/mol. The second kappa shape index (κ2) is 7.04. The van der Waals surface area contributed by atoms with Crippen molar-refractivity contribution in [2.75, 3.05) is 25.9 Å². The van der Waals surface area contributed by atoms with E-state index in [2.05, 4.69) is 0 Å². The summed E-state index contributed by atoms with van der Waals surface area (Å²) in [6, 6.07) is 3.61. The second-order valence-corrected chi connectivity index (χ2v) is 6.53. The largest absolute Gasteiger partial charge is 0.344 e. The summed E-state index contributed by atoms with van der Waals surface area (Å²) in [5.74, 6) is -1.67. The molecule has 0 aliphatic heterocycles. The zero-order valence-corrected chi connectivity index (χ0v) is 12.8. The van der Waals surface area contributed by atoms with E-state index in [0.29, 0.717) is 18.0 Å². The smallest absolute Gasteiger partial charge is 0.232 e. The van der Waals surface area contributed by atoms with E-state index in [4.69, 9.17) is 5.73 Å². The molecule has 0 atom stereocenters. The molecule has 0 bridgehead atoms. The third-order valence-corrected chi connectivity index (χ3v) is 3.88. The predicted octanol–water partition coefficient (Wildman–Crippen LogP) is 2.50. The predicted molar refractivity (Wildman–Crippen MR) is 77.6 cm³/mol. The van der Waals surface area contributed by atoms with Crippen molar-refractivity contribution >= 4 is 17.7 Å². The average molecular weight is 302 g/mol. The van der Waals surface area contributed by atoms with Crippen LogP contribution < -0.4 is 5.73 Å². The van der Waals surface area contributed by atoms with Crippen LogP contribution in [0.2, 0.25) is 0 Å². The minimum absolute atomic E-state index is 0.0683. The van der Waals surface area contributed by atoms with Gasteiger partial charge >= 0.3 is 0 Å². The molecule has 0 fully saturated rings. The summed E-state index contributed by atoms with van der Waals surface area (Å²) in [5, 5.41) is 0. The van der Waals surface area contributed by atoms with Gasteiger partial charge in [-0.25, -0.2) is 8.78 Å². The van der Waals surface area contributed by atoms with Crippen LogP contribution >= 0.6 is 11.8 Å².